The molecule has 0 aliphatic rings. The van der Waals surface area contributed by atoms with Gasteiger partial charge >= 0.3 is 0 Å². The van der Waals surface area contributed by atoms with Crippen molar-refractivity contribution in [2.45, 2.75) is 13.3 Å². The van der Waals surface area contributed by atoms with Crippen molar-refractivity contribution in [1.82, 2.24) is 20.2 Å². The van der Waals surface area contributed by atoms with Gasteiger partial charge in [0.2, 0.25) is 0 Å². The third-order valence-corrected chi connectivity index (χ3v) is 4.65. The van der Waals surface area contributed by atoms with E-state index in [1.165, 1.54) is 0 Å². The van der Waals surface area contributed by atoms with Crippen LogP contribution in [0.3, 0.4) is 0 Å². The predicted molar refractivity (Wildman–Crippen MR) is 114 cm³/mol. The van der Waals surface area contributed by atoms with Crippen LogP contribution in [0.4, 0.5) is 5.82 Å². The third kappa shape index (κ3) is 3.59. The normalized spacial score (nSPS) is 11.8. The summed E-state index contributed by atoms with van der Waals surface area (Å²) in [5.41, 5.74) is 4.60. The number of nitrogens with zero attached hydrogens (tertiary/aromatic N) is 2. The number of imidazole rings is 1. The van der Waals surface area contributed by atoms with Gasteiger partial charge in [-0.3, -0.25) is 5.10 Å². The van der Waals surface area contributed by atoms with Gasteiger partial charge in [-0.1, -0.05) is 36.7 Å². The molecule has 6 nitrogen and oxygen atoms in total. The van der Waals surface area contributed by atoms with E-state index in [1.807, 2.05) is 48.5 Å². The maximum atomic E-state index is 6.29. The van der Waals surface area contributed by atoms with Gasteiger partial charge in [0.15, 0.2) is 11.6 Å². The maximum Gasteiger partial charge on any atom is 0.156 e. The zero-order chi connectivity index (χ0) is 19.5. The zero-order valence-electron chi connectivity index (χ0n) is 15.6. The Bertz CT molecular complexity index is 1110. The Morgan fingerprint density at radius 2 is 2.07 bits per heavy atom. The van der Waals surface area contributed by atoms with Crippen LogP contribution < -0.4 is 10.1 Å². The molecular weight excluding hydrogens is 374 g/mol. The third-order valence-electron chi connectivity index (χ3n) is 4.36. The summed E-state index contributed by atoms with van der Waals surface area (Å²) in [4.78, 5) is 7.90. The summed E-state index contributed by atoms with van der Waals surface area (Å²) < 4.78 is 5.24. The number of methoxy groups -OCH3 is 1. The van der Waals surface area contributed by atoms with Crippen molar-refractivity contribution in [3.05, 3.63) is 65.2 Å². The van der Waals surface area contributed by atoms with Crippen LogP contribution in [-0.4, -0.2) is 27.3 Å². The number of anilines is 1. The van der Waals surface area contributed by atoms with Gasteiger partial charge in [-0.05, 0) is 42.3 Å². The molecule has 0 amide bonds. The van der Waals surface area contributed by atoms with Crippen LogP contribution in [0.2, 0.25) is 5.02 Å². The highest BCUT2D eigenvalue weighted by Gasteiger charge is 2.11. The number of para-hydroxylation sites is 2. The van der Waals surface area contributed by atoms with Crippen LogP contribution in [0, 0.1) is 0 Å². The standard InChI is InChI=1S/C21H20ClN5O/c1-3-6-15(13-9-10-19(28-2)14(22)11-13)23-20-12-18(26-27-20)21-24-16-7-4-5-8-17(16)25-21/h4-12H,3H2,1-2H3,(H,24,25)(H2,23,26,27)/b15-6+. The molecule has 142 valence electrons. The minimum Gasteiger partial charge on any atom is -0.495 e. The van der Waals surface area contributed by atoms with Crippen LogP contribution in [0.1, 0.15) is 18.9 Å². The summed E-state index contributed by atoms with van der Waals surface area (Å²) in [5, 5.41) is 11.3. The summed E-state index contributed by atoms with van der Waals surface area (Å²) in [7, 11) is 1.60. The Kier molecular flexibility index (Phi) is 5.04. The number of nitrogens with one attached hydrogen (secondary N) is 3. The largest absolute Gasteiger partial charge is 0.495 e. The molecule has 0 unspecified atom stereocenters. The summed E-state index contributed by atoms with van der Waals surface area (Å²) in [6, 6.07) is 15.5. The Morgan fingerprint density at radius 1 is 1.21 bits per heavy atom. The number of ether oxygens (including phenoxy) is 1. The lowest BCUT2D eigenvalue weighted by Crippen LogP contribution is -2.00. The number of benzene rings is 2. The molecule has 0 fully saturated rings. The fourth-order valence-electron chi connectivity index (χ4n) is 3.00. The second kappa shape index (κ2) is 7.78. The van der Waals surface area contributed by atoms with Crippen LogP contribution in [-0.2, 0) is 0 Å². The number of hydrogen-bond acceptors (Lipinski definition) is 4. The van der Waals surface area contributed by atoms with E-state index in [-0.39, 0.29) is 0 Å². The van der Waals surface area contributed by atoms with Crippen molar-refractivity contribution in [3.63, 3.8) is 0 Å². The van der Waals surface area contributed by atoms with Gasteiger partial charge in [-0.2, -0.15) is 5.10 Å². The quantitative estimate of drug-likeness (QED) is 0.405. The van der Waals surface area contributed by atoms with Gasteiger partial charge in [-0.15, -0.1) is 0 Å². The second-order valence-electron chi connectivity index (χ2n) is 6.27. The summed E-state index contributed by atoms with van der Waals surface area (Å²) >= 11 is 6.29. The summed E-state index contributed by atoms with van der Waals surface area (Å²) in [5.74, 6) is 2.09. The highest BCUT2D eigenvalue weighted by molar-refractivity contribution is 6.32. The number of rotatable bonds is 6. The van der Waals surface area contributed by atoms with Gasteiger partial charge in [0.25, 0.3) is 0 Å². The van der Waals surface area contributed by atoms with E-state index in [1.54, 1.807) is 7.11 Å². The SMILES string of the molecule is CC/C=C(/Nc1cc(-c2nc3ccccc3[nH]2)[nH]n1)c1ccc(OC)c(Cl)c1. The first kappa shape index (κ1) is 18.1. The Morgan fingerprint density at radius 3 is 2.82 bits per heavy atom. The van der Waals surface area contributed by atoms with Crippen molar-refractivity contribution < 1.29 is 4.74 Å². The fourth-order valence-corrected chi connectivity index (χ4v) is 3.26. The van der Waals surface area contributed by atoms with Crippen molar-refractivity contribution in [2.24, 2.45) is 0 Å². The minimum atomic E-state index is 0.564. The number of halogens is 1. The molecule has 28 heavy (non-hydrogen) atoms. The van der Waals surface area contributed by atoms with E-state index >= 15 is 0 Å². The monoisotopic (exact) mass is 393 g/mol. The van der Waals surface area contributed by atoms with E-state index in [4.69, 9.17) is 16.3 Å². The minimum absolute atomic E-state index is 0.564. The fraction of sp³-hybridized carbons (Fsp3) is 0.143. The number of aromatic nitrogens is 4. The number of aromatic amines is 2. The smallest absolute Gasteiger partial charge is 0.156 e. The first-order chi connectivity index (χ1) is 13.7. The number of allylic oxidation sites excluding steroid dienone is 1. The topological polar surface area (TPSA) is 78.6 Å². The van der Waals surface area contributed by atoms with Gasteiger partial charge in [0.05, 0.1) is 23.2 Å². The van der Waals surface area contributed by atoms with Crippen molar-refractivity contribution in [3.8, 4) is 17.3 Å². The van der Waals surface area contributed by atoms with Crippen LogP contribution in [0.15, 0.2) is 54.6 Å². The van der Waals surface area contributed by atoms with Gasteiger partial charge in [0, 0.05) is 11.8 Å². The van der Waals surface area contributed by atoms with E-state index in [9.17, 15) is 0 Å². The second-order valence-corrected chi connectivity index (χ2v) is 6.68. The molecule has 0 bridgehead atoms. The highest BCUT2D eigenvalue weighted by Crippen LogP contribution is 2.29. The van der Waals surface area contributed by atoms with E-state index in [2.05, 4.69) is 38.5 Å². The van der Waals surface area contributed by atoms with Gasteiger partial charge < -0.3 is 15.0 Å². The summed E-state index contributed by atoms with van der Waals surface area (Å²) in [6.07, 6.45) is 2.96. The molecule has 2 aromatic heterocycles. The molecule has 4 aromatic rings. The lowest BCUT2D eigenvalue weighted by Gasteiger charge is -2.11. The Balaban J connectivity index is 1.60. The molecule has 0 radical (unpaired) electrons. The average Bonchev–Trinajstić information content (AvgIpc) is 3.34. The summed E-state index contributed by atoms with van der Waals surface area (Å²) in [6.45, 7) is 2.08. The van der Waals surface area contributed by atoms with E-state index < -0.39 is 0 Å². The molecule has 3 N–H and O–H groups in total. The predicted octanol–water partition coefficient (Wildman–Crippen LogP) is 5.48. The molecule has 0 saturated carbocycles. The Labute approximate surface area is 167 Å². The first-order valence-electron chi connectivity index (χ1n) is 8.99. The maximum absolute atomic E-state index is 6.29. The van der Waals surface area contributed by atoms with Crippen LogP contribution in [0.25, 0.3) is 28.2 Å². The van der Waals surface area contributed by atoms with Crippen LogP contribution >= 0.6 is 11.6 Å². The lowest BCUT2D eigenvalue weighted by atomic mass is 10.1. The van der Waals surface area contributed by atoms with Gasteiger partial charge in [0.1, 0.15) is 11.4 Å². The molecule has 2 heterocycles. The highest BCUT2D eigenvalue weighted by atomic mass is 35.5. The molecule has 0 atom stereocenters. The molecule has 0 aliphatic carbocycles. The lowest BCUT2D eigenvalue weighted by molar-refractivity contribution is 0.415. The number of hydrogen-bond donors (Lipinski definition) is 3. The molecule has 4 rings (SSSR count). The molecular formula is C21H20ClN5O. The van der Waals surface area contributed by atoms with E-state index in [0.29, 0.717) is 16.6 Å². The Hall–Kier alpha value is -3.25. The molecule has 2 aromatic carbocycles. The van der Waals surface area contributed by atoms with Crippen molar-refractivity contribution >= 4 is 34.1 Å². The molecule has 0 aliphatic heterocycles. The van der Waals surface area contributed by atoms with Crippen molar-refractivity contribution in [2.75, 3.05) is 12.4 Å². The molecule has 7 heteroatoms. The molecule has 0 saturated heterocycles. The average molecular weight is 394 g/mol. The zero-order valence-corrected chi connectivity index (χ0v) is 16.3. The number of fused-ring (bicyclic) bond motifs is 1. The first-order valence-corrected chi connectivity index (χ1v) is 9.37. The van der Waals surface area contributed by atoms with Gasteiger partial charge in [-0.25, -0.2) is 4.98 Å². The number of H-pyrrole nitrogens is 2. The molecule has 0 spiro atoms. The van der Waals surface area contributed by atoms with E-state index in [0.717, 1.165) is 40.2 Å². The van der Waals surface area contributed by atoms with Crippen LogP contribution in [0.5, 0.6) is 5.75 Å². The van der Waals surface area contributed by atoms with Crippen molar-refractivity contribution in [1.29, 1.82) is 0 Å².